The monoisotopic (exact) mass is 310 g/mol. The average Bonchev–Trinajstić information content (AvgIpc) is 2.76. The molecule has 0 aliphatic carbocycles. The third kappa shape index (κ3) is 3.23. The first-order valence-corrected chi connectivity index (χ1v) is 8.26. The summed E-state index contributed by atoms with van der Waals surface area (Å²) in [6, 6.07) is 0. The molecule has 21 heavy (non-hydrogen) atoms. The minimum atomic E-state index is -0.424. The Morgan fingerprint density at radius 1 is 1.33 bits per heavy atom. The SMILES string of the molecule is CCCn1nc2c(c1SCCC(C)C)c(=O)[nH]c(=O)n2C. The van der Waals surface area contributed by atoms with Crippen LogP contribution < -0.4 is 11.2 Å². The smallest absolute Gasteiger partial charge is 0.279 e. The Morgan fingerprint density at radius 3 is 2.67 bits per heavy atom. The van der Waals surface area contributed by atoms with Crippen LogP contribution in [0.2, 0.25) is 0 Å². The third-order valence-electron chi connectivity index (χ3n) is 3.33. The van der Waals surface area contributed by atoms with Gasteiger partial charge in [0.2, 0.25) is 0 Å². The zero-order valence-electron chi connectivity index (χ0n) is 13.0. The van der Waals surface area contributed by atoms with E-state index in [-0.39, 0.29) is 5.56 Å². The summed E-state index contributed by atoms with van der Waals surface area (Å²) in [5.41, 5.74) is -0.306. The van der Waals surface area contributed by atoms with Crippen LogP contribution >= 0.6 is 11.8 Å². The van der Waals surface area contributed by atoms with Crippen molar-refractivity contribution in [2.75, 3.05) is 5.75 Å². The summed E-state index contributed by atoms with van der Waals surface area (Å²) in [7, 11) is 1.63. The van der Waals surface area contributed by atoms with Crippen molar-refractivity contribution in [1.29, 1.82) is 0 Å². The average molecular weight is 310 g/mol. The lowest BCUT2D eigenvalue weighted by atomic mass is 10.2. The second-order valence-corrected chi connectivity index (χ2v) is 6.66. The van der Waals surface area contributed by atoms with Gasteiger partial charge in [0.05, 0.1) is 0 Å². The Labute approximate surface area is 127 Å². The number of aromatic nitrogens is 4. The summed E-state index contributed by atoms with van der Waals surface area (Å²) >= 11 is 1.65. The molecule has 2 rings (SSSR count). The van der Waals surface area contributed by atoms with Gasteiger partial charge in [0, 0.05) is 13.6 Å². The molecule has 0 aromatic carbocycles. The van der Waals surface area contributed by atoms with E-state index in [0.717, 1.165) is 30.2 Å². The van der Waals surface area contributed by atoms with E-state index in [2.05, 4.69) is 30.9 Å². The molecular formula is C14H22N4O2S. The summed E-state index contributed by atoms with van der Waals surface area (Å²) in [4.78, 5) is 26.2. The minimum Gasteiger partial charge on any atom is -0.279 e. The van der Waals surface area contributed by atoms with Gasteiger partial charge in [0.15, 0.2) is 5.65 Å². The van der Waals surface area contributed by atoms with E-state index in [1.54, 1.807) is 18.8 Å². The Balaban J connectivity index is 2.54. The number of aromatic amines is 1. The normalized spacial score (nSPS) is 11.7. The van der Waals surface area contributed by atoms with Gasteiger partial charge in [-0.05, 0) is 24.5 Å². The summed E-state index contributed by atoms with van der Waals surface area (Å²) in [5, 5.41) is 5.85. The van der Waals surface area contributed by atoms with Crippen LogP contribution in [0.4, 0.5) is 0 Å². The van der Waals surface area contributed by atoms with Gasteiger partial charge in [-0.1, -0.05) is 20.8 Å². The van der Waals surface area contributed by atoms with E-state index in [1.807, 2.05) is 4.68 Å². The van der Waals surface area contributed by atoms with Crippen molar-refractivity contribution in [3.63, 3.8) is 0 Å². The molecule has 0 fully saturated rings. The molecule has 6 nitrogen and oxygen atoms in total. The van der Waals surface area contributed by atoms with Crippen molar-refractivity contribution in [1.82, 2.24) is 19.3 Å². The molecule has 0 aliphatic heterocycles. The molecule has 0 atom stereocenters. The zero-order chi connectivity index (χ0) is 15.6. The first-order chi connectivity index (χ1) is 9.95. The van der Waals surface area contributed by atoms with E-state index < -0.39 is 5.69 Å². The topological polar surface area (TPSA) is 72.7 Å². The highest BCUT2D eigenvalue weighted by Gasteiger charge is 2.17. The highest BCUT2D eigenvalue weighted by atomic mass is 32.2. The first kappa shape index (κ1) is 15.9. The first-order valence-electron chi connectivity index (χ1n) is 7.28. The molecular weight excluding hydrogens is 288 g/mol. The van der Waals surface area contributed by atoms with Crippen LogP contribution in [0.1, 0.15) is 33.6 Å². The number of aryl methyl sites for hydroxylation is 2. The van der Waals surface area contributed by atoms with Crippen LogP contribution in [0.5, 0.6) is 0 Å². The zero-order valence-corrected chi connectivity index (χ0v) is 13.8. The molecule has 2 heterocycles. The molecule has 0 radical (unpaired) electrons. The van der Waals surface area contributed by atoms with E-state index >= 15 is 0 Å². The van der Waals surface area contributed by atoms with Crippen LogP contribution in [-0.4, -0.2) is 25.1 Å². The molecule has 0 saturated heterocycles. The summed E-state index contributed by atoms with van der Waals surface area (Å²) in [6.45, 7) is 7.17. The number of hydrogen-bond donors (Lipinski definition) is 1. The molecule has 0 bridgehead atoms. The molecule has 7 heteroatoms. The molecule has 0 spiro atoms. The Bertz CT molecular complexity index is 742. The molecule has 2 aromatic heterocycles. The van der Waals surface area contributed by atoms with Gasteiger partial charge in [-0.15, -0.1) is 11.8 Å². The number of rotatable bonds is 6. The molecule has 116 valence electrons. The second-order valence-electron chi connectivity index (χ2n) is 5.58. The van der Waals surface area contributed by atoms with Gasteiger partial charge in [-0.3, -0.25) is 19.0 Å². The fourth-order valence-electron chi connectivity index (χ4n) is 2.11. The van der Waals surface area contributed by atoms with Crippen LogP contribution in [-0.2, 0) is 13.6 Å². The second kappa shape index (κ2) is 6.51. The van der Waals surface area contributed by atoms with Crippen molar-refractivity contribution in [2.45, 2.75) is 45.2 Å². The Hall–Kier alpha value is -1.50. The lowest BCUT2D eigenvalue weighted by Crippen LogP contribution is -2.28. The number of nitrogens with one attached hydrogen (secondary N) is 1. The van der Waals surface area contributed by atoms with Gasteiger partial charge in [-0.2, -0.15) is 5.10 Å². The van der Waals surface area contributed by atoms with Gasteiger partial charge in [-0.25, -0.2) is 4.79 Å². The molecule has 1 N–H and O–H groups in total. The third-order valence-corrected chi connectivity index (χ3v) is 4.45. The number of fused-ring (bicyclic) bond motifs is 1. The van der Waals surface area contributed by atoms with Gasteiger partial charge >= 0.3 is 5.69 Å². The highest BCUT2D eigenvalue weighted by Crippen LogP contribution is 2.26. The fraction of sp³-hybridized carbons (Fsp3) is 0.643. The van der Waals surface area contributed by atoms with Crippen LogP contribution in [0.25, 0.3) is 11.0 Å². The minimum absolute atomic E-state index is 0.345. The summed E-state index contributed by atoms with van der Waals surface area (Å²) in [6.07, 6.45) is 2.00. The lowest BCUT2D eigenvalue weighted by molar-refractivity contribution is 0.560. The number of thioether (sulfide) groups is 1. The van der Waals surface area contributed by atoms with Crippen LogP contribution in [0.3, 0.4) is 0 Å². The van der Waals surface area contributed by atoms with Crippen molar-refractivity contribution >= 4 is 22.8 Å². The summed E-state index contributed by atoms with van der Waals surface area (Å²) in [5.74, 6) is 1.55. The predicted molar refractivity (Wildman–Crippen MR) is 86.1 cm³/mol. The van der Waals surface area contributed by atoms with E-state index in [9.17, 15) is 9.59 Å². The standard InChI is InChI=1S/C14H22N4O2S/c1-5-7-18-13(21-8-6-9(2)3)10-11(16-18)17(4)14(20)15-12(10)19/h9H,5-8H2,1-4H3,(H,15,19,20). The molecule has 0 amide bonds. The van der Waals surface area contributed by atoms with Crippen molar-refractivity contribution in [3.8, 4) is 0 Å². The molecule has 0 aliphatic rings. The maximum Gasteiger partial charge on any atom is 0.329 e. The Kier molecular flexibility index (Phi) is 4.92. The fourth-order valence-corrected chi connectivity index (χ4v) is 3.50. The lowest BCUT2D eigenvalue weighted by Gasteiger charge is -2.07. The van der Waals surface area contributed by atoms with Crippen LogP contribution in [0, 0.1) is 5.92 Å². The van der Waals surface area contributed by atoms with Gasteiger partial charge in [0.1, 0.15) is 10.4 Å². The highest BCUT2D eigenvalue weighted by molar-refractivity contribution is 7.99. The largest absolute Gasteiger partial charge is 0.329 e. The van der Waals surface area contributed by atoms with E-state index in [0.29, 0.717) is 17.0 Å². The molecule has 2 aromatic rings. The molecule has 0 unspecified atom stereocenters. The molecule has 0 saturated carbocycles. The van der Waals surface area contributed by atoms with Gasteiger partial charge < -0.3 is 0 Å². The van der Waals surface area contributed by atoms with Crippen molar-refractivity contribution in [3.05, 3.63) is 20.8 Å². The van der Waals surface area contributed by atoms with Crippen molar-refractivity contribution in [2.24, 2.45) is 13.0 Å². The number of hydrogen-bond acceptors (Lipinski definition) is 4. The van der Waals surface area contributed by atoms with Gasteiger partial charge in [0.25, 0.3) is 5.56 Å². The maximum absolute atomic E-state index is 12.2. The maximum atomic E-state index is 12.2. The Morgan fingerprint density at radius 2 is 2.05 bits per heavy atom. The quantitative estimate of drug-likeness (QED) is 0.828. The van der Waals surface area contributed by atoms with E-state index in [4.69, 9.17) is 0 Å². The number of nitrogens with zero attached hydrogens (tertiary/aromatic N) is 3. The van der Waals surface area contributed by atoms with Crippen LogP contribution in [0.15, 0.2) is 14.6 Å². The van der Waals surface area contributed by atoms with Crippen molar-refractivity contribution < 1.29 is 0 Å². The summed E-state index contributed by atoms with van der Waals surface area (Å²) < 4.78 is 3.25. The van der Waals surface area contributed by atoms with E-state index in [1.165, 1.54) is 4.57 Å². The number of H-pyrrole nitrogens is 1. The predicted octanol–water partition coefficient (Wildman–Crippen LogP) is 1.97.